The van der Waals surface area contributed by atoms with E-state index in [-0.39, 0.29) is 35.4 Å². The fourth-order valence-corrected chi connectivity index (χ4v) is 5.56. The van der Waals surface area contributed by atoms with E-state index in [0.717, 1.165) is 38.9 Å². The molecule has 1 aromatic carbocycles. The molecule has 0 bridgehead atoms. The molecule has 0 aliphatic carbocycles. The Kier molecular flexibility index (Phi) is 9.68. The third-order valence-electron chi connectivity index (χ3n) is 7.57. The van der Waals surface area contributed by atoms with E-state index in [1.807, 2.05) is 35.8 Å². The van der Waals surface area contributed by atoms with Crippen LogP contribution in [-0.2, 0) is 6.54 Å². The number of urea groups is 1. The number of benzene rings is 1. The van der Waals surface area contributed by atoms with E-state index < -0.39 is 12.7 Å². The highest BCUT2D eigenvalue weighted by molar-refractivity contribution is 5.75. The minimum atomic E-state index is -4.44. The number of rotatable bonds is 8. The second-order valence-electron chi connectivity index (χ2n) is 10.7. The van der Waals surface area contributed by atoms with Gasteiger partial charge in [-0.25, -0.2) is 9.78 Å². The van der Waals surface area contributed by atoms with Crippen LogP contribution in [-0.4, -0.2) is 83.3 Å². The summed E-state index contributed by atoms with van der Waals surface area (Å²) in [4.78, 5) is 27.6. The first kappa shape index (κ1) is 29.4. The summed E-state index contributed by atoms with van der Waals surface area (Å²) in [6.07, 6.45) is -0.0290. The van der Waals surface area contributed by atoms with Gasteiger partial charge in [-0.15, -0.1) is 0 Å². The molecule has 0 radical (unpaired) electrons. The number of alkyl halides is 3. The third-order valence-corrected chi connectivity index (χ3v) is 7.57. The van der Waals surface area contributed by atoms with E-state index in [1.165, 1.54) is 11.8 Å². The molecule has 2 fully saturated rings. The van der Waals surface area contributed by atoms with Gasteiger partial charge in [-0.3, -0.25) is 4.90 Å². The SMILES string of the molecule is C[C@@H]1CN(c2ncc(C#N)c(NCC(F)(F)F)n2)C[C@H](C)N1C(=O)NCCC1CCN(Cc2ccccc2)CC1. The number of hydrogen-bond acceptors (Lipinski definition) is 7. The molecule has 4 rings (SSSR count). The van der Waals surface area contributed by atoms with Gasteiger partial charge in [-0.2, -0.15) is 23.4 Å². The van der Waals surface area contributed by atoms with Crippen LogP contribution in [0.15, 0.2) is 36.5 Å². The Morgan fingerprint density at radius 3 is 2.42 bits per heavy atom. The van der Waals surface area contributed by atoms with Gasteiger partial charge in [0.2, 0.25) is 5.95 Å². The molecule has 3 heterocycles. The van der Waals surface area contributed by atoms with Crippen molar-refractivity contribution < 1.29 is 18.0 Å². The number of carbonyl (C=O) groups excluding carboxylic acids is 1. The molecule has 0 unspecified atom stereocenters. The van der Waals surface area contributed by atoms with Crippen LogP contribution in [0.3, 0.4) is 0 Å². The maximum absolute atomic E-state index is 13.1. The molecule has 2 aliphatic heterocycles. The maximum atomic E-state index is 13.1. The van der Waals surface area contributed by atoms with E-state index in [2.05, 4.69) is 49.8 Å². The molecular weight excluding hydrogens is 521 g/mol. The van der Waals surface area contributed by atoms with Crippen LogP contribution in [0.1, 0.15) is 44.2 Å². The number of aromatic nitrogens is 2. The minimum Gasteiger partial charge on any atom is -0.360 e. The molecule has 2 saturated heterocycles. The number of piperazine rings is 1. The van der Waals surface area contributed by atoms with E-state index in [4.69, 9.17) is 0 Å². The van der Waals surface area contributed by atoms with Crippen molar-refractivity contribution in [1.82, 2.24) is 25.1 Å². The predicted octanol–water partition coefficient (Wildman–Crippen LogP) is 4.23. The summed E-state index contributed by atoms with van der Waals surface area (Å²) >= 11 is 0. The number of hydrogen-bond donors (Lipinski definition) is 2. The number of nitriles is 1. The Morgan fingerprint density at radius 2 is 1.80 bits per heavy atom. The van der Waals surface area contributed by atoms with Gasteiger partial charge in [0, 0.05) is 38.3 Å². The number of carbonyl (C=O) groups is 1. The lowest BCUT2D eigenvalue weighted by molar-refractivity contribution is -0.115. The predicted molar refractivity (Wildman–Crippen MR) is 147 cm³/mol. The summed E-state index contributed by atoms with van der Waals surface area (Å²) < 4.78 is 38.1. The van der Waals surface area contributed by atoms with Crippen molar-refractivity contribution in [3.8, 4) is 6.07 Å². The molecule has 9 nitrogen and oxygen atoms in total. The van der Waals surface area contributed by atoms with Gasteiger partial charge in [0.25, 0.3) is 0 Å². The Bertz CT molecular complexity index is 1150. The van der Waals surface area contributed by atoms with Crippen LogP contribution in [0.4, 0.5) is 29.7 Å². The van der Waals surface area contributed by atoms with E-state index in [9.17, 15) is 23.2 Å². The summed E-state index contributed by atoms with van der Waals surface area (Å²) in [6, 6.07) is 11.9. The van der Waals surface area contributed by atoms with E-state index in [0.29, 0.717) is 25.6 Å². The molecule has 2 N–H and O–H groups in total. The molecular formula is C28H37F3N8O. The van der Waals surface area contributed by atoms with Gasteiger partial charge in [0.05, 0.1) is 6.20 Å². The topological polar surface area (TPSA) is 100 Å². The van der Waals surface area contributed by atoms with Gasteiger partial charge in [-0.05, 0) is 57.7 Å². The highest BCUT2D eigenvalue weighted by atomic mass is 19.4. The van der Waals surface area contributed by atoms with Gasteiger partial charge in [0.1, 0.15) is 24.0 Å². The van der Waals surface area contributed by atoms with Crippen molar-refractivity contribution in [2.45, 2.75) is 57.9 Å². The van der Waals surface area contributed by atoms with E-state index in [1.54, 1.807) is 0 Å². The minimum absolute atomic E-state index is 0.0611. The molecule has 2 amide bonds. The Hall–Kier alpha value is -3.59. The summed E-state index contributed by atoms with van der Waals surface area (Å²) in [6.45, 7) is 7.12. The van der Waals surface area contributed by atoms with Crippen molar-refractivity contribution in [1.29, 1.82) is 5.26 Å². The number of piperidine rings is 1. The largest absolute Gasteiger partial charge is 0.405 e. The number of halogens is 3. The van der Waals surface area contributed by atoms with Crippen molar-refractivity contribution >= 4 is 17.8 Å². The van der Waals surface area contributed by atoms with Gasteiger partial charge >= 0.3 is 12.2 Å². The Balaban J connectivity index is 1.24. The number of amides is 2. The average molecular weight is 559 g/mol. The average Bonchev–Trinajstić information content (AvgIpc) is 2.92. The Morgan fingerprint density at radius 1 is 1.12 bits per heavy atom. The summed E-state index contributed by atoms with van der Waals surface area (Å²) in [7, 11) is 0. The monoisotopic (exact) mass is 558 g/mol. The molecule has 12 heteroatoms. The summed E-state index contributed by atoms with van der Waals surface area (Å²) in [5, 5.41) is 14.5. The van der Waals surface area contributed by atoms with E-state index >= 15 is 0 Å². The van der Waals surface area contributed by atoms with Crippen molar-refractivity contribution in [2.75, 3.05) is 49.5 Å². The normalized spacial score (nSPS) is 20.7. The fraction of sp³-hybridized carbons (Fsp3) is 0.571. The van der Waals surface area contributed by atoms with Crippen LogP contribution in [0.5, 0.6) is 0 Å². The second-order valence-corrected chi connectivity index (χ2v) is 10.7. The van der Waals surface area contributed by atoms with Gasteiger partial charge in [-0.1, -0.05) is 30.3 Å². The molecule has 216 valence electrons. The molecule has 2 atom stereocenters. The maximum Gasteiger partial charge on any atom is 0.405 e. The molecule has 1 aromatic heterocycles. The van der Waals surface area contributed by atoms with Crippen LogP contribution in [0, 0.1) is 17.2 Å². The fourth-order valence-electron chi connectivity index (χ4n) is 5.56. The molecule has 2 aliphatic rings. The van der Waals surface area contributed by atoms with Gasteiger partial charge in [0.15, 0.2) is 0 Å². The highest BCUT2D eigenvalue weighted by Crippen LogP contribution is 2.24. The van der Waals surface area contributed by atoms with Crippen molar-refractivity contribution in [3.63, 3.8) is 0 Å². The van der Waals surface area contributed by atoms with Crippen LogP contribution in [0.25, 0.3) is 0 Å². The van der Waals surface area contributed by atoms with Crippen molar-refractivity contribution in [2.24, 2.45) is 5.92 Å². The Labute approximate surface area is 233 Å². The molecule has 40 heavy (non-hydrogen) atoms. The molecule has 2 aromatic rings. The zero-order chi connectivity index (χ0) is 28.7. The second kappa shape index (κ2) is 13.2. The van der Waals surface area contributed by atoms with Crippen LogP contribution < -0.4 is 15.5 Å². The smallest absolute Gasteiger partial charge is 0.360 e. The lowest BCUT2D eigenvalue weighted by Gasteiger charge is -2.44. The zero-order valence-corrected chi connectivity index (χ0v) is 23.0. The number of nitrogens with one attached hydrogen (secondary N) is 2. The lowest BCUT2D eigenvalue weighted by Crippen LogP contribution is -2.61. The standard InChI is InChI=1S/C28H37F3N8O/c1-20-16-38(26-34-15-24(14-32)25(36-26)35-19-28(29,30)31)17-21(2)39(20)27(40)33-11-8-22-9-12-37(13-10-22)18-23-6-4-3-5-7-23/h3-7,15,20-22H,8-13,16-19H2,1-2H3,(H,33,40)(H,34,35,36)/t20-,21+. The molecule has 0 saturated carbocycles. The first-order valence-electron chi connectivity index (χ1n) is 13.8. The quantitative estimate of drug-likeness (QED) is 0.500. The highest BCUT2D eigenvalue weighted by Gasteiger charge is 2.34. The first-order valence-corrected chi connectivity index (χ1v) is 13.8. The number of likely N-dealkylation sites (tertiary alicyclic amines) is 1. The van der Waals surface area contributed by atoms with Crippen molar-refractivity contribution in [3.05, 3.63) is 47.7 Å². The summed E-state index contributed by atoms with van der Waals surface area (Å²) in [5.41, 5.74) is 1.27. The van der Waals surface area contributed by atoms with Crippen LogP contribution in [0.2, 0.25) is 0 Å². The molecule has 0 spiro atoms. The number of anilines is 2. The summed E-state index contributed by atoms with van der Waals surface area (Å²) in [5.74, 6) is 0.657. The van der Waals surface area contributed by atoms with Crippen LogP contribution >= 0.6 is 0 Å². The third kappa shape index (κ3) is 7.97. The van der Waals surface area contributed by atoms with Gasteiger partial charge < -0.3 is 20.4 Å². The number of nitrogens with zero attached hydrogens (tertiary/aromatic N) is 6. The lowest BCUT2D eigenvalue weighted by atomic mass is 9.93. The zero-order valence-electron chi connectivity index (χ0n) is 23.0. The first-order chi connectivity index (χ1) is 19.1.